The zero-order valence-electron chi connectivity index (χ0n) is 6.59. The Balaban J connectivity index is 2.92. The lowest BCUT2D eigenvalue weighted by molar-refractivity contribution is -0.00786. The van der Waals surface area contributed by atoms with Gasteiger partial charge in [0.25, 0.3) is 11.2 Å². The molecule has 62 valence electrons. The Bertz CT molecular complexity index is 246. The van der Waals surface area contributed by atoms with Crippen LogP contribution in [0.4, 0.5) is 0 Å². The van der Waals surface area contributed by atoms with Crippen LogP contribution < -0.4 is 0 Å². The number of hydrogen-bond donors (Lipinski definition) is 0. The van der Waals surface area contributed by atoms with Crippen LogP contribution in [-0.4, -0.2) is 17.3 Å². The number of nitrogens with zero attached hydrogens (tertiary/aromatic N) is 2. The van der Waals surface area contributed by atoms with Crippen LogP contribution in [0, 0.1) is 0 Å². The molecule has 0 fully saturated rings. The first-order valence-electron chi connectivity index (χ1n) is 3.11. The van der Waals surface area contributed by atoms with Gasteiger partial charge in [-0.2, -0.15) is 4.98 Å². The third-order valence-corrected chi connectivity index (χ3v) is 1.58. The van der Waals surface area contributed by atoms with E-state index < -0.39 is 5.60 Å². The van der Waals surface area contributed by atoms with Gasteiger partial charge in [0.2, 0.25) is 0 Å². The minimum absolute atomic E-state index is 0.102. The fraction of sp³-hybridized carbons (Fsp3) is 0.667. The number of ether oxygens (including phenoxy) is 1. The van der Waals surface area contributed by atoms with Gasteiger partial charge >= 0.3 is 0 Å². The molecule has 0 saturated heterocycles. The molecule has 1 heterocycles. The lowest BCUT2D eigenvalue weighted by Crippen LogP contribution is -2.19. The highest BCUT2D eigenvalue weighted by molar-refractivity contribution is 6.28. The van der Waals surface area contributed by atoms with Crippen LogP contribution in [0.1, 0.15) is 19.7 Å². The van der Waals surface area contributed by atoms with Crippen LogP contribution in [-0.2, 0) is 10.3 Å². The molecule has 0 aliphatic carbocycles. The largest absolute Gasteiger partial charge is 0.369 e. The Labute approximate surface area is 69.5 Å². The Morgan fingerprint density at radius 1 is 1.55 bits per heavy atom. The summed E-state index contributed by atoms with van der Waals surface area (Å²) in [6.07, 6.45) is 0. The average Bonchev–Trinajstić information content (AvgIpc) is 2.36. The predicted molar refractivity (Wildman–Crippen MR) is 39.3 cm³/mol. The summed E-state index contributed by atoms with van der Waals surface area (Å²) in [7, 11) is 1.57. The van der Waals surface area contributed by atoms with Crippen LogP contribution in [0.2, 0.25) is 5.28 Å². The Hall–Kier alpha value is -0.610. The lowest BCUT2D eigenvalue weighted by Gasteiger charge is -2.16. The molecule has 0 spiro atoms. The highest BCUT2D eigenvalue weighted by Crippen LogP contribution is 2.22. The van der Waals surface area contributed by atoms with E-state index in [0.29, 0.717) is 5.89 Å². The van der Waals surface area contributed by atoms with Crippen molar-refractivity contribution in [2.45, 2.75) is 19.4 Å². The third kappa shape index (κ3) is 1.70. The molecule has 0 aliphatic heterocycles. The van der Waals surface area contributed by atoms with Crippen molar-refractivity contribution in [1.82, 2.24) is 10.1 Å². The van der Waals surface area contributed by atoms with Gasteiger partial charge in [0.1, 0.15) is 5.60 Å². The van der Waals surface area contributed by atoms with E-state index in [9.17, 15) is 0 Å². The SMILES string of the molecule is COC(C)(C)c1nc(Cl)no1. The maximum atomic E-state index is 5.45. The highest BCUT2D eigenvalue weighted by atomic mass is 35.5. The van der Waals surface area contributed by atoms with Gasteiger partial charge in [-0.1, -0.05) is 0 Å². The minimum Gasteiger partial charge on any atom is -0.369 e. The molecule has 0 amide bonds. The molecule has 1 aromatic rings. The summed E-state index contributed by atoms with van der Waals surface area (Å²) >= 11 is 5.45. The fourth-order valence-corrected chi connectivity index (χ4v) is 0.649. The van der Waals surface area contributed by atoms with Gasteiger partial charge in [-0.15, -0.1) is 0 Å². The molecule has 4 nitrogen and oxygen atoms in total. The van der Waals surface area contributed by atoms with Crippen molar-refractivity contribution >= 4 is 11.6 Å². The average molecular weight is 177 g/mol. The second kappa shape index (κ2) is 2.79. The molecule has 0 saturated carbocycles. The minimum atomic E-state index is -0.569. The van der Waals surface area contributed by atoms with Gasteiger partial charge in [-0.3, -0.25) is 0 Å². The van der Waals surface area contributed by atoms with Crippen molar-refractivity contribution < 1.29 is 9.26 Å². The van der Waals surface area contributed by atoms with Gasteiger partial charge in [0.05, 0.1) is 0 Å². The van der Waals surface area contributed by atoms with Crippen LogP contribution in [0.5, 0.6) is 0 Å². The van der Waals surface area contributed by atoms with Crippen LogP contribution >= 0.6 is 11.6 Å². The van der Waals surface area contributed by atoms with Gasteiger partial charge in [-0.05, 0) is 30.6 Å². The molecule has 0 bridgehead atoms. The Morgan fingerprint density at radius 2 is 2.18 bits per heavy atom. The number of rotatable bonds is 2. The molecule has 0 aliphatic rings. The second-order valence-corrected chi connectivity index (χ2v) is 2.92. The van der Waals surface area contributed by atoms with Crippen molar-refractivity contribution in [3.8, 4) is 0 Å². The Kier molecular flexibility index (Phi) is 2.15. The number of aromatic nitrogens is 2. The molecular weight excluding hydrogens is 168 g/mol. The van der Waals surface area contributed by atoms with Crippen LogP contribution in [0.3, 0.4) is 0 Å². The van der Waals surface area contributed by atoms with E-state index in [1.165, 1.54) is 0 Å². The molecule has 0 radical (unpaired) electrons. The van der Waals surface area contributed by atoms with E-state index in [1.54, 1.807) is 7.11 Å². The second-order valence-electron chi connectivity index (χ2n) is 2.58. The van der Waals surface area contributed by atoms with Gasteiger partial charge in [0.15, 0.2) is 0 Å². The molecule has 1 rings (SSSR count). The van der Waals surface area contributed by atoms with Crippen molar-refractivity contribution in [2.24, 2.45) is 0 Å². The topological polar surface area (TPSA) is 48.2 Å². The zero-order valence-corrected chi connectivity index (χ0v) is 7.34. The first-order chi connectivity index (χ1) is 5.06. The summed E-state index contributed by atoms with van der Waals surface area (Å²) in [6.45, 7) is 3.63. The van der Waals surface area contributed by atoms with E-state index in [0.717, 1.165) is 0 Å². The maximum Gasteiger partial charge on any atom is 0.263 e. The summed E-state index contributed by atoms with van der Waals surface area (Å²) in [6, 6.07) is 0. The van der Waals surface area contributed by atoms with Crippen molar-refractivity contribution in [1.29, 1.82) is 0 Å². The molecule has 0 atom stereocenters. The molecule has 0 aromatic carbocycles. The molecule has 1 aromatic heterocycles. The standard InChI is InChI=1S/C6H9ClN2O2/c1-6(2,10-3)4-8-5(7)9-11-4/h1-3H3. The summed E-state index contributed by atoms with van der Waals surface area (Å²) in [5, 5.41) is 3.53. The summed E-state index contributed by atoms with van der Waals surface area (Å²) < 4.78 is 9.88. The van der Waals surface area contributed by atoms with Gasteiger partial charge in [0, 0.05) is 7.11 Å². The normalized spacial score (nSPS) is 12.0. The quantitative estimate of drug-likeness (QED) is 0.687. The van der Waals surface area contributed by atoms with E-state index in [2.05, 4.69) is 10.1 Å². The maximum absolute atomic E-state index is 5.45. The summed E-state index contributed by atoms with van der Waals surface area (Å²) in [4.78, 5) is 3.82. The first kappa shape index (κ1) is 8.49. The molecule has 0 unspecified atom stereocenters. The Morgan fingerprint density at radius 3 is 2.55 bits per heavy atom. The fourth-order valence-electron chi connectivity index (χ4n) is 0.537. The van der Waals surface area contributed by atoms with E-state index in [1.807, 2.05) is 13.8 Å². The van der Waals surface area contributed by atoms with Crippen molar-refractivity contribution in [2.75, 3.05) is 7.11 Å². The highest BCUT2D eigenvalue weighted by Gasteiger charge is 2.26. The first-order valence-corrected chi connectivity index (χ1v) is 3.49. The number of hydrogen-bond acceptors (Lipinski definition) is 4. The monoisotopic (exact) mass is 176 g/mol. The number of methoxy groups -OCH3 is 1. The third-order valence-electron chi connectivity index (χ3n) is 1.43. The van der Waals surface area contributed by atoms with Gasteiger partial charge < -0.3 is 9.26 Å². The zero-order chi connectivity index (χ0) is 8.48. The molecule has 0 N–H and O–H groups in total. The van der Waals surface area contributed by atoms with Crippen molar-refractivity contribution in [3.63, 3.8) is 0 Å². The summed E-state index contributed by atoms with van der Waals surface area (Å²) in [5.41, 5.74) is -0.569. The van der Waals surface area contributed by atoms with Gasteiger partial charge in [-0.25, -0.2) is 0 Å². The van der Waals surface area contributed by atoms with Crippen LogP contribution in [0.15, 0.2) is 4.52 Å². The summed E-state index contributed by atoms with van der Waals surface area (Å²) in [5.74, 6) is 0.380. The van der Waals surface area contributed by atoms with E-state index >= 15 is 0 Å². The smallest absolute Gasteiger partial charge is 0.263 e. The molecule has 5 heteroatoms. The van der Waals surface area contributed by atoms with E-state index in [4.69, 9.17) is 20.9 Å². The molecule has 11 heavy (non-hydrogen) atoms. The predicted octanol–water partition coefficient (Wildman–Crippen LogP) is 1.60. The van der Waals surface area contributed by atoms with Crippen LogP contribution in [0.25, 0.3) is 0 Å². The van der Waals surface area contributed by atoms with Crippen molar-refractivity contribution in [3.05, 3.63) is 11.2 Å². The molecular formula is C6H9ClN2O2. The number of halogens is 1. The lowest BCUT2D eigenvalue weighted by atomic mass is 10.1. The van der Waals surface area contributed by atoms with E-state index in [-0.39, 0.29) is 5.28 Å².